The van der Waals surface area contributed by atoms with E-state index in [0.717, 1.165) is 34.8 Å². The molecule has 0 bridgehead atoms. The van der Waals surface area contributed by atoms with E-state index in [4.69, 9.17) is 21.1 Å². The SMILES string of the molecule is Cc1oc(-c2cncc(Cl)c2)cc1C(CC(C)C)Nc1ccc(C(=O)O)cc1. The molecule has 3 aromatic rings. The van der Waals surface area contributed by atoms with Crippen LogP contribution in [0.25, 0.3) is 11.3 Å². The number of nitrogens with one attached hydrogen (secondary N) is 1. The molecule has 0 radical (unpaired) electrons. The smallest absolute Gasteiger partial charge is 0.335 e. The lowest BCUT2D eigenvalue weighted by Crippen LogP contribution is -2.13. The first-order valence-electron chi connectivity index (χ1n) is 9.14. The highest BCUT2D eigenvalue weighted by molar-refractivity contribution is 6.30. The quantitative estimate of drug-likeness (QED) is 0.495. The number of aromatic nitrogens is 1. The average molecular weight is 399 g/mol. The summed E-state index contributed by atoms with van der Waals surface area (Å²) in [4.78, 5) is 15.2. The maximum absolute atomic E-state index is 11.1. The zero-order valence-corrected chi connectivity index (χ0v) is 16.8. The number of carbonyl (C=O) groups is 1. The summed E-state index contributed by atoms with van der Waals surface area (Å²) in [6.07, 6.45) is 4.21. The zero-order valence-electron chi connectivity index (χ0n) is 16.1. The number of aromatic carboxylic acids is 1. The van der Waals surface area contributed by atoms with Gasteiger partial charge in [0.1, 0.15) is 11.5 Å². The molecule has 146 valence electrons. The molecule has 2 N–H and O–H groups in total. The Hall–Kier alpha value is -2.79. The molecule has 2 aromatic heterocycles. The van der Waals surface area contributed by atoms with E-state index in [1.54, 1.807) is 36.7 Å². The summed E-state index contributed by atoms with van der Waals surface area (Å²) in [5.41, 5.74) is 3.02. The number of anilines is 1. The van der Waals surface area contributed by atoms with Crippen LogP contribution in [0, 0.1) is 12.8 Å². The van der Waals surface area contributed by atoms with Crippen molar-refractivity contribution in [2.75, 3.05) is 5.32 Å². The summed E-state index contributed by atoms with van der Waals surface area (Å²) in [5.74, 6) is 1.08. The molecule has 28 heavy (non-hydrogen) atoms. The van der Waals surface area contributed by atoms with Gasteiger partial charge in [0.15, 0.2) is 0 Å². The summed E-state index contributed by atoms with van der Waals surface area (Å²) in [6, 6.07) is 10.6. The molecule has 1 atom stereocenters. The number of furan rings is 1. The fraction of sp³-hybridized carbons (Fsp3) is 0.273. The van der Waals surface area contributed by atoms with E-state index < -0.39 is 5.97 Å². The van der Waals surface area contributed by atoms with Gasteiger partial charge in [-0.25, -0.2) is 4.79 Å². The summed E-state index contributed by atoms with van der Waals surface area (Å²) in [7, 11) is 0. The Labute approximate surface area is 169 Å². The van der Waals surface area contributed by atoms with Gasteiger partial charge in [-0.15, -0.1) is 0 Å². The van der Waals surface area contributed by atoms with Crippen LogP contribution in [0.5, 0.6) is 0 Å². The number of rotatable bonds is 7. The van der Waals surface area contributed by atoms with Crippen molar-refractivity contribution < 1.29 is 14.3 Å². The molecule has 0 aliphatic carbocycles. The second kappa shape index (κ2) is 8.48. The van der Waals surface area contributed by atoms with Gasteiger partial charge < -0.3 is 14.8 Å². The molecule has 0 saturated carbocycles. The lowest BCUT2D eigenvalue weighted by atomic mass is 9.96. The fourth-order valence-corrected chi connectivity index (χ4v) is 3.35. The van der Waals surface area contributed by atoms with Crippen LogP contribution >= 0.6 is 11.6 Å². The van der Waals surface area contributed by atoms with Gasteiger partial charge >= 0.3 is 5.97 Å². The van der Waals surface area contributed by atoms with Gasteiger partial charge in [0.05, 0.1) is 16.6 Å². The lowest BCUT2D eigenvalue weighted by molar-refractivity contribution is 0.0697. The maximum atomic E-state index is 11.1. The van der Waals surface area contributed by atoms with E-state index in [1.807, 2.05) is 19.1 Å². The Bertz CT molecular complexity index is 964. The number of benzene rings is 1. The van der Waals surface area contributed by atoms with Gasteiger partial charge in [0.25, 0.3) is 0 Å². The zero-order chi connectivity index (χ0) is 20.3. The molecule has 6 heteroatoms. The molecule has 0 aliphatic rings. The predicted octanol–water partition coefficient (Wildman–Crippen LogP) is 6.20. The molecule has 3 rings (SSSR count). The summed E-state index contributed by atoms with van der Waals surface area (Å²) in [5, 5.41) is 13.1. The Morgan fingerprint density at radius 2 is 1.93 bits per heavy atom. The number of carboxylic acids is 1. The first-order chi connectivity index (χ1) is 13.3. The number of nitrogens with zero attached hydrogens (tertiary/aromatic N) is 1. The third kappa shape index (κ3) is 4.73. The molecule has 0 saturated heterocycles. The van der Waals surface area contributed by atoms with Crippen molar-refractivity contribution in [2.45, 2.75) is 33.2 Å². The Balaban J connectivity index is 1.90. The standard InChI is InChI=1S/C22H23ClN2O3/c1-13(2)8-20(25-18-6-4-15(5-7-18)22(26)27)19-10-21(28-14(19)3)16-9-17(23)12-24-11-16/h4-7,9-13,20,25H,8H2,1-3H3,(H,26,27). The van der Waals surface area contributed by atoms with Crippen molar-refractivity contribution in [1.29, 1.82) is 0 Å². The second-order valence-electron chi connectivity index (χ2n) is 7.22. The first-order valence-corrected chi connectivity index (χ1v) is 9.52. The van der Waals surface area contributed by atoms with Crippen LogP contribution in [-0.2, 0) is 0 Å². The van der Waals surface area contributed by atoms with Crippen molar-refractivity contribution in [3.8, 4) is 11.3 Å². The Morgan fingerprint density at radius 3 is 2.54 bits per heavy atom. The van der Waals surface area contributed by atoms with E-state index in [-0.39, 0.29) is 11.6 Å². The van der Waals surface area contributed by atoms with Gasteiger partial charge in [-0.05, 0) is 55.7 Å². The molecule has 0 amide bonds. The highest BCUT2D eigenvalue weighted by atomic mass is 35.5. The highest BCUT2D eigenvalue weighted by Gasteiger charge is 2.20. The van der Waals surface area contributed by atoms with Crippen LogP contribution in [0.1, 0.15) is 48.0 Å². The van der Waals surface area contributed by atoms with Gasteiger partial charge in [-0.2, -0.15) is 0 Å². The van der Waals surface area contributed by atoms with E-state index >= 15 is 0 Å². The van der Waals surface area contributed by atoms with E-state index in [9.17, 15) is 4.79 Å². The third-order valence-electron chi connectivity index (χ3n) is 4.50. The summed E-state index contributed by atoms with van der Waals surface area (Å²) >= 11 is 6.06. The van der Waals surface area contributed by atoms with Crippen molar-refractivity contribution in [3.63, 3.8) is 0 Å². The topological polar surface area (TPSA) is 75.4 Å². The molecule has 0 aliphatic heterocycles. The molecule has 2 heterocycles. The van der Waals surface area contributed by atoms with Gasteiger partial charge in [0.2, 0.25) is 0 Å². The minimum absolute atomic E-state index is 0.0281. The van der Waals surface area contributed by atoms with E-state index in [1.165, 1.54) is 0 Å². The molecule has 1 unspecified atom stereocenters. The Kier molecular flexibility index (Phi) is 6.05. The van der Waals surface area contributed by atoms with Crippen LogP contribution in [-0.4, -0.2) is 16.1 Å². The van der Waals surface area contributed by atoms with Gasteiger partial charge in [0, 0.05) is 29.2 Å². The molecule has 0 spiro atoms. The number of hydrogen-bond acceptors (Lipinski definition) is 4. The van der Waals surface area contributed by atoms with Gasteiger partial charge in [-0.1, -0.05) is 25.4 Å². The molecule has 0 fully saturated rings. The van der Waals surface area contributed by atoms with Crippen molar-refractivity contribution in [1.82, 2.24) is 4.98 Å². The minimum atomic E-state index is -0.935. The number of hydrogen-bond donors (Lipinski definition) is 2. The lowest BCUT2D eigenvalue weighted by Gasteiger charge is -2.21. The second-order valence-corrected chi connectivity index (χ2v) is 7.66. The maximum Gasteiger partial charge on any atom is 0.335 e. The van der Waals surface area contributed by atoms with Crippen molar-refractivity contribution in [3.05, 3.63) is 70.7 Å². The minimum Gasteiger partial charge on any atom is -0.478 e. The molecule has 5 nitrogen and oxygen atoms in total. The van der Waals surface area contributed by atoms with Crippen molar-refractivity contribution in [2.24, 2.45) is 5.92 Å². The first kappa shape index (κ1) is 20.0. The normalized spacial score (nSPS) is 12.2. The van der Waals surface area contributed by atoms with Crippen LogP contribution in [0.15, 0.2) is 53.2 Å². The predicted molar refractivity (Wildman–Crippen MR) is 111 cm³/mol. The number of aryl methyl sites for hydroxylation is 1. The number of carboxylic acid groups (broad SMARTS) is 1. The number of pyridine rings is 1. The van der Waals surface area contributed by atoms with Gasteiger partial charge in [-0.3, -0.25) is 4.98 Å². The van der Waals surface area contributed by atoms with Crippen LogP contribution < -0.4 is 5.32 Å². The van der Waals surface area contributed by atoms with Crippen molar-refractivity contribution >= 4 is 23.3 Å². The number of halogens is 1. The summed E-state index contributed by atoms with van der Waals surface area (Å²) in [6.45, 7) is 6.28. The van der Waals surface area contributed by atoms with Crippen LogP contribution in [0.2, 0.25) is 5.02 Å². The molecule has 1 aromatic carbocycles. The fourth-order valence-electron chi connectivity index (χ4n) is 3.18. The third-order valence-corrected chi connectivity index (χ3v) is 4.71. The summed E-state index contributed by atoms with van der Waals surface area (Å²) < 4.78 is 5.99. The van der Waals surface area contributed by atoms with Crippen LogP contribution in [0.4, 0.5) is 5.69 Å². The highest BCUT2D eigenvalue weighted by Crippen LogP contribution is 2.34. The van der Waals surface area contributed by atoms with E-state index in [2.05, 4.69) is 24.1 Å². The van der Waals surface area contributed by atoms with E-state index in [0.29, 0.717) is 10.9 Å². The molecular formula is C22H23ClN2O3. The average Bonchev–Trinajstić information content (AvgIpc) is 3.03. The Morgan fingerprint density at radius 1 is 1.21 bits per heavy atom. The monoisotopic (exact) mass is 398 g/mol. The van der Waals surface area contributed by atoms with Crippen LogP contribution in [0.3, 0.4) is 0 Å². The molecular weight excluding hydrogens is 376 g/mol. The largest absolute Gasteiger partial charge is 0.478 e.